The lowest BCUT2D eigenvalue weighted by molar-refractivity contribution is -0.384. The van der Waals surface area contributed by atoms with E-state index in [1.165, 1.54) is 12.1 Å². The minimum Gasteiger partial charge on any atom is -0.486 e. The van der Waals surface area contributed by atoms with Crippen molar-refractivity contribution in [1.82, 2.24) is 19.8 Å². The number of nitro groups is 1. The van der Waals surface area contributed by atoms with Gasteiger partial charge < -0.3 is 4.74 Å². The van der Waals surface area contributed by atoms with Crippen LogP contribution in [0.25, 0.3) is 5.65 Å². The van der Waals surface area contributed by atoms with Crippen LogP contribution in [-0.2, 0) is 6.61 Å². The number of hydrogen-bond donors (Lipinski definition) is 1. The van der Waals surface area contributed by atoms with Crippen LogP contribution in [0.4, 0.5) is 5.69 Å². The Morgan fingerprint density at radius 3 is 2.79 bits per heavy atom. The molecule has 0 saturated heterocycles. The van der Waals surface area contributed by atoms with E-state index in [0.29, 0.717) is 17.2 Å². The molecule has 0 amide bonds. The van der Waals surface area contributed by atoms with Crippen LogP contribution >= 0.6 is 0 Å². The van der Waals surface area contributed by atoms with E-state index in [1.54, 1.807) is 28.9 Å². The molecule has 19 heavy (non-hydrogen) atoms. The van der Waals surface area contributed by atoms with E-state index in [9.17, 15) is 10.1 Å². The number of benzene rings is 1. The van der Waals surface area contributed by atoms with E-state index in [2.05, 4.69) is 15.3 Å². The molecular formula is C11H9N5O3. The Balaban J connectivity index is 1.72. The van der Waals surface area contributed by atoms with E-state index in [-0.39, 0.29) is 12.3 Å². The topological polar surface area (TPSA) is 98.3 Å². The minimum atomic E-state index is -0.454. The highest BCUT2D eigenvalue weighted by Gasteiger charge is 2.08. The molecule has 8 nitrogen and oxygen atoms in total. The second-order valence-corrected chi connectivity index (χ2v) is 3.81. The molecule has 2 heterocycles. The zero-order chi connectivity index (χ0) is 13.2. The zero-order valence-electron chi connectivity index (χ0n) is 9.68. The second kappa shape index (κ2) is 4.41. The molecule has 0 aliphatic rings. The third-order valence-electron chi connectivity index (χ3n) is 2.61. The van der Waals surface area contributed by atoms with Crippen LogP contribution in [-0.4, -0.2) is 24.7 Å². The first-order chi connectivity index (χ1) is 9.24. The lowest BCUT2D eigenvalue weighted by Crippen LogP contribution is -2.01. The summed E-state index contributed by atoms with van der Waals surface area (Å²) in [6.45, 7) is 0.222. The van der Waals surface area contributed by atoms with Gasteiger partial charge in [0.25, 0.3) is 5.69 Å². The molecule has 1 N–H and O–H groups in total. The molecule has 96 valence electrons. The quantitative estimate of drug-likeness (QED) is 0.566. The van der Waals surface area contributed by atoms with E-state index in [4.69, 9.17) is 4.74 Å². The third kappa shape index (κ3) is 2.10. The Bertz CT molecular complexity index is 715. The number of nitrogens with one attached hydrogen (secondary N) is 1. The van der Waals surface area contributed by atoms with Crippen molar-refractivity contribution in [3.8, 4) is 5.75 Å². The van der Waals surface area contributed by atoms with Crippen molar-refractivity contribution < 1.29 is 9.66 Å². The van der Waals surface area contributed by atoms with Gasteiger partial charge in [0.15, 0.2) is 11.5 Å². The molecule has 0 atom stereocenters. The Morgan fingerprint density at radius 1 is 1.26 bits per heavy atom. The monoisotopic (exact) mass is 259 g/mol. The molecule has 3 rings (SSSR count). The standard InChI is InChI=1S/C11H9N5O3/c17-16(18)8-1-3-9(4-2-8)19-7-11-14-13-10-5-6-12-15(10)11/h1-6,12H,7H2. The van der Waals surface area contributed by atoms with Crippen molar-refractivity contribution in [1.29, 1.82) is 0 Å². The number of nitrogens with zero attached hydrogens (tertiary/aromatic N) is 4. The summed E-state index contributed by atoms with van der Waals surface area (Å²) in [6, 6.07) is 7.67. The molecule has 0 unspecified atom stereocenters. The van der Waals surface area contributed by atoms with Gasteiger partial charge in [-0.15, -0.1) is 10.2 Å². The Labute approximate surface area is 106 Å². The number of nitro benzene ring substituents is 1. The smallest absolute Gasteiger partial charge is 0.269 e. The molecule has 1 aromatic carbocycles. The van der Waals surface area contributed by atoms with Crippen LogP contribution in [0.2, 0.25) is 0 Å². The summed E-state index contributed by atoms with van der Waals surface area (Å²) < 4.78 is 7.20. The molecule has 0 saturated carbocycles. The van der Waals surface area contributed by atoms with Gasteiger partial charge in [0.1, 0.15) is 12.4 Å². The van der Waals surface area contributed by atoms with Gasteiger partial charge in [-0.25, -0.2) is 4.52 Å². The first kappa shape index (κ1) is 11.2. The molecular weight excluding hydrogens is 250 g/mol. The molecule has 0 radical (unpaired) electrons. The van der Waals surface area contributed by atoms with Gasteiger partial charge in [-0.05, 0) is 12.1 Å². The number of rotatable bonds is 4. The van der Waals surface area contributed by atoms with Crippen molar-refractivity contribution in [2.45, 2.75) is 6.61 Å². The summed E-state index contributed by atoms with van der Waals surface area (Å²) in [5, 5.41) is 21.4. The summed E-state index contributed by atoms with van der Waals surface area (Å²) in [4.78, 5) is 10.1. The fourth-order valence-electron chi connectivity index (χ4n) is 1.67. The average Bonchev–Trinajstić information content (AvgIpc) is 3.00. The molecule has 8 heteroatoms. The summed E-state index contributed by atoms with van der Waals surface area (Å²) in [5.41, 5.74) is 0.740. The Kier molecular flexibility index (Phi) is 2.60. The van der Waals surface area contributed by atoms with Crippen molar-refractivity contribution in [3.05, 3.63) is 52.5 Å². The van der Waals surface area contributed by atoms with Gasteiger partial charge in [0, 0.05) is 24.4 Å². The molecule has 3 aromatic rings. The average molecular weight is 259 g/mol. The predicted molar refractivity (Wildman–Crippen MR) is 64.8 cm³/mol. The van der Waals surface area contributed by atoms with Gasteiger partial charge in [0.05, 0.1) is 4.92 Å². The normalized spacial score (nSPS) is 10.7. The van der Waals surface area contributed by atoms with Gasteiger partial charge in [-0.2, -0.15) is 0 Å². The number of fused-ring (bicyclic) bond motifs is 1. The maximum Gasteiger partial charge on any atom is 0.269 e. The maximum atomic E-state index is 10.5. The van der Waals surface area contributed by atoms with Crippen LogP contribution < -0.4 is 4.74 Å². The third-order valence-corrected chi connectivity index (χ3v) is 2.61. The zero-order valence-corrected chi connectivity index (χ0v) is 9.68. The predicted octanol–water partition coefficient (Wildman–Crippen LogP) is 1.54. The highest BCUT2D eigenvalue weighted by atomic mass is 16.6. The lowest BCUT2D eigenvalue weighted by Gasteiger charge is -2.03. The van der Waals surface area contributed by atoms with Crippen LogP contribution in [0, 0.1) is 10.1 Å². The van der Waals surface area contributed by atoms with Gasteiger partial charge in [-0.3, -0.25) is 15.2 Å². The Morgan fingerprint density at radius 2 is 2.05 bits per heavy atom. The van der Waals surface area contributed by atoms with Crippen molar-refractivity contribution in [2.24, 2.45) is 0 Å². The first-order valence-corrected chi connectivity index (χ1v) is 5.49. The van der Waals surface area contributed by atoms with Crippen molar-refractivity contribution in [3.63, 3.8) is 0 Å². The summed E-state index contributed by atoms with van der Waals surface area (Å²) in [5.74, 6) is 1.16. The van der Waals surface area contributed by atoms with E-state index in [1.807, 2.05) is 0 Å². The molecule has 0 bridgehead atoms. The van der Waals surface area contributed by atoms with Crippen molar-refractivity contribution >= 4 is 11.3 Å². The first-order valence-electron chi connectivity index (χ1n) is 5.49. The number of ether oxygens (including phenoxy) is 1. The molecule has 0 aliphatic heterocycles. The fourth-order valence-corrected chi connectivity index (χ4v) is 1.67. The van der Waals surface area contributed by atoms with Gasteiger partial charge in [0.2, 0.25) is 0 Å². The maximum absolute atomic E-state index is 10.5. The number of aromatic nitrogens is 4. The summed E-state index contributed by atoms with van der Waals surface area (Å²) in [7, 11) is 0. The van der Waals surface area contributed by atoms with Gasteiger partial charge in [-0.1, -0.05) is 0 Å². The lowest BCUT2D eigenvalue weighted by atomic mass is 10.3. The fraction of sp³-hybridized carbons (Fsp3) is 0.0909. The highest BCUT2D eigenvalue weighted by Crippen LogP contribution is 2.18. The number of hydrogen-bond acceptors (Lipinski definition) is 5. The molecule has 2 aromatic heterocycles. The summed E-state index contributed by atoms with van der Waals surface area (Å²) in [6.07, 6.45) is 1.75. The SMILES string of the molecule is O=[N+]([O-])c1ccc(OCc2nnc3cc[nH]n23)cc1. The highest BCUT2D eigenvalue weighted by molar-refractivity contribution is 5.36. The van der Waals surface area contributed by atoms with E-state index >= 15 is 0 Å². The largest absolute Gasteiger partial charge is 0.486 e. The van der Waals surface area contributed by atoms with Gasteiger partial charge >= 0.3 is 0 Å². The molecule has 0 spiro atoms. The summed E-state index contributed by atoms with van der Waals surface area (Å²) >= 11 is 0. The van der Waals surface area contributed by atoms with Crippen molar-refractivity contribution in [2.75, 3.05) is 0 Å². The molecule has 0 aliphatic carbocycles. The second-order valence-electron chi connectivity index (χ2n) is 3.81. The Hall–Kier alpha value is -2.90. The number of non-ortho nitro benzene ring substituents is 1. The number of H-pyrrole nitrogens is 1. The molecule has 0 fully saturated rings. The van der Waals surface area contributed by atoms with E-state index < -0.39 is 4.92 Å². The van der Waals surface area contributed by atoms with Crippen LogP contribution in [0.1, 0.15) is 5.82 Å². The van der Waals surface area contributed by atoms with Crippen LogP contribution in [0.15, 0.2) is 36.5 Å². The van der Waals surface area contributed by atoms with Crippen LogP contribution in [0.3, 0.4) is 0 Å². The van der Waals surface area contributed by atoms with E-state index in [0.717, 1.165) is 0 Å². The minimum absolute atomic E-state index is 0.0292. The van der Waals surface area contributed by atoms with Crippen LogP contribution in [0.5, 0.6) is 5.75 Å². The number of aromatic amines is 1.